The quantitative estimate of drug-likeness (QED) is 0.839. The number of rotatable bonds is 7. The molecule has 1 aliphatic carbocycles. The fraction of sp³-hybridized carbons (Fsp3) is 0.750. The second-order valence-electron chi connectivity index (χ2n) is 6.05. The van der Waals surface area contributed by atoms with Crippen molar-refractivity contribution in [2.45, 2.75) is 65.0 Å². The van der Waals surface area contributed by atoms with Gasteiger partial charge in [0, 0.05) is 12.6 Å². The summed E-state index contributed by atoms with van der Waals surface area (Å²) < 4.78 is 7.58. The number of ether oxygens (including phenoxy) is 1. The van der Waals surface area contributed by atoms with Crippen LogP contribution in [0, 0.1) is 5.92 Å². The fourth-order valence-electron chi connectivity index (χ4n) is 2.83. The van der Waals surface area contributed by atoms with Crippen LogP contribution in [0.4, 0.5) is 5.82 Å². The summed E-state index contributed by atoms with van der Waals surface area (Å²) in [5.41, 5.74) is 0. The van der Waals surface area contributed by atoms with Crippen molar-refractivity contribution in [2.75, 3.05) is 11.9 Å². The van der Waals surface area contributed by atoms with Gasteiger partial charge in [-0.05, 0) is 25.2 Å². The van der Waals surface area contributed by atoms with E-state index in [9.17, 15) is 4.79 Å². The molecule has 0 aromatic carbocycles. The van der Waals surface area contributed by atoms with Crippen molar-refractivity contribution in [1.29, 1.82) is 0 Å². The standard InChI is InChI=1S/C16H27N3O2/c1-3-4-10-19-15(8-9-17-19)18-16(20)12-21-14-7-5-6-13(2)11-14/h8-9,13-14H,3-7,10-12H2,1-2H3,(H,18,20). The number of carbonyl (C=O) groups excluding carboxylic acids is 1. The summed E-state index contributed by atoms with van der Waals surface area (Å²) in [7, 11) is 0. The van der Waals surface area contributed by atoms with Crippen LogP contribution < -0.4 is 5.32 Å². The Bertz CT molecular complexity index is 444. The smallest absolute Gasteiger partial charge is 0.251 e. The lowest BCUT2D eigenvalue weighted by Gasteiger charge is -2.26. The molecule has 1 N–H and O–H groups in total. The number of nitrogens with one attached hydrogen (secondary N) is 1. The van der Waals surface area contributed by atoms with Gasteiger partial charge in [-0.25, -0.2) is 4.68 Å². The van der Waals surface area contributed by atoms with Crippen LogP contribution in [0.3, 0.4) is 0 Å². The van der Waals surface area contributed by atoms with E-state index in [2.05, 4.69) is 24.3 Å². The normalized spacial score (nSPS) is 22.2. The zero-order valence-electron chi connectivity index (χ0n) is 13.2. The molecule has 21 heavy (non-hydrogen) atoms. The van der Waals surface area contributed by atoms with Crippen LogP contribution in [0.2, 0.25) is 0 Å². The number of hydrogen-bond donors (Lipinski definition) is 1. The third-order valence-electron chi connectivity index (χ3n) is 4.05. The zero-order valence-corrected chi connectivity index (χ0v) is 13.2. The van der Waals surface area contributed by atoms with E-state index in [4.69, 9.17) is 4.74 Å². The molecular weight excluding hydrogens is 266 g/mol. The Kier molecular flexibility index (Phi) is 6.23. The third kappa shape index (κ3) is 5.16. The average molecular weight is 293 g/mol. The lowest BCUT2D eigenvalue weighted by molar-refractivity contribution is -0.123. The second-order valence-corrected chi connectivity index (χ2v) is 6.05. The summed E-state index contributed by atoms with van der Waals surface area (Å²) in [5.74, 6) is 1.38. The van der Waals surface area contributed by atoms with Crippen molar-refractivity contribution >= 4 is 11.7 Å². The highest BCUT2D eigenvalue weighted by molar-refractivity contribution is 5.90. The summed E-state index contributed by atoms with van der Waals surface area (Å²) in [6.45, 7) is 5.36. The summed E-state index contributed by atoms with van der Waals surface area (Å²) in [5, 5.41) is 7.11. The number of nitrogens with zero attached hydrogens (tertiary/aromatic N) is 2. The van der Waals surface area contributed by atoms with Gasteiger partial charge in [-0.15, -0.1) is 0 Å². The van der Waals surface area contributed by atoms with E-state index in [0.717, 1.165) is 38.0 Å². The van der Waals surface area contributed by atoms with Gasteiger partial charge in [0.05, 0.1) is 12.3 Å². The minimum Gasteiger partial charge on any atom is -0.368 e. The molecule has 1 saturated carbocycles. The first-order valence-electron chi connectivity index (χ1n) is 8.12. The topological polar surface area (TPSA) is 56.2 Å². The Labute approximate surface area is 127 Å². The Morgan fingerprint density at radius 3 is 3.14 bits per heavy atom. The molecule has 1 aliphatic rings. The van der Waals surface area contributed by atoms with Gasteiger partial charge in [-0.1, -0.05) is 33.1 Å². The van der Waals surface area contributed by atoms with Crippen molar-refractivity contribution in [1.82, 2.24) is 9.78 Å². The first-order chi connectivity index (χ1) is 10.2. The van der Waals surface area contributed by atoms with Crippen molar-refractivity contribution in [3.63, 3.8) is 0 Å². The highest BCUT2D eigenvalue weighted by atomic mass is 16.5. The van der Waals surface area contributed by atoms with Crippen LogP contribution in [0.15, 0.2) is 12.3 Å². The molecule has 1 fully saturated rings. The molecule has 0 radical (unpaired) electrons. The average Bonchev–Trinajstić information content (AvgIpc) is 2.90. The lowest BCUT2D eigenvalue weighted by Crippen LogP contribution is -2.27. The van der Waals surface area contributed by atoms with Crippen molar-refractivity contribution in [2.24, 2.45) is 5.92 Å². The lowest BCUT2D eigenvalue weighted by atomic mass is 9.89. The molecule has 5 nitrogen and oxygen atoms in total. The summed E-state index contributed by atoms with van der Waals surface area (Å²) >= 11 is 0. The van der Waals surface area contributed by atoms with E-state index in [1.807, 2.05) is 10.7 Å². The maximum atomic E-state index is 12.0. The second kappa shape index (κ2) is 8.17. The Hall–Kier alpha value is -1.36. The van der Waals surface area contributed by atoms with Crippen LogP contribution in [0.5, 0.6) is 0 Å². The van der Waals surface area contributed by atoms with E-state index < -0.39 is 0 Å². The molecule has 2 atom stereocenters. The molecule has 118 valence electrons. The van der Waals surface area contributed by atoms with Crippen LogP contribution in [0.25, 0.3) is 0 Å². The molecule has 1 heterocycles. The molecule has 5 heteroatoms. The van der Waals surface area contributed by atoms with Crippen molar-refractivity contribution in [3.05, 3.63) is 12.3 Å². The minimum atomic E-state index is -0.0912. The molecule has 0 spiro atoms. The van der Waals surface area contributed by atoms with Crippen LogP contribution in [-0.2, 0) is 16.1 Å². The largest absolute Gasteiger partial charge is 0.368 e. The molecule has 2 unspecified atom stereocenters. The van der Waals surface area contributed by atoms with Gasteiger partial charge in [0.1, 0.15) is 12.4 Å². The van der Waals surface area contributed by atoms with Gasteiger partial charge in [0.15, 0.2) is 0 Å². The van der Waals surface area contributed by atoms with E-state index >= 15 is 0 Å². The number of hydrogen-bond acceptors (Lipinski definition) is 3. The maximum absolute atomic E-state index is 12.0. The monoisotopic (exact) mass is 293 g/mol. The number of amides is 1. The minimum absolute atomic E-state index is 0.0912. The van der Waals surface area contributed by atoms with Crippen LogP contribution >= 0.6 is 0 Å². The van der Waals surface area contributed by atoms with Gasteiger partial charge in [-0.3, -0.25) is 4.79 Å². The predicted octanol–water partition coefficient (Wildman–Crippen LogP) is 3.22. The number of aromatic nitrogens is 2. The van der Waals surface area contributed by atoms with Gasteiger partial charge >= 0.3 is 0 Å². The van der Waals surface area contributed by atoms with Crippen molar-refractivity contribution in [3.8, 4) is 0 Å². The molecule has 0 bridgehead atoms. The highest BCUT2D eigenvalue weighted by Crippen LogP contribution is 2.25. The Morgan fingerprint density at radius 2 is 2.38 bits per heavy atom. The number of unbranched alkanes of at least 4 members (excludes halogenated alkanes) is 1. The molecule has 1 amide bonds. The number of aryl methyl sites for hydroxylation is 1. The molecule has 0 aliphatic heterocycles. The van der Waals surface area contributed by atoms with E-state index in [0.29, 0.717) is 5.92 Å². The zero-order chi connectivity index (χ0) is 15.1. The van der Waals surface area contributed by atoms with Gasteiger partial charge in [-0.2, -0.15) is 5.10 Å². The molecule has 1 aromatic rings. The SMILES string of the molecule is CCCCn1nccc1NC(=O)COC1CCCC(C)C1. The van der Waals surface area contributed by atoms with E-state index in [-0.39, 0.29) is 18.6 Å². The number of carbonyl (C=O) groups is 1. The fourth-order valence-corrected chi connectivity index (χ4v) is 2.83. The molecule has 2 rings (SSSR count). The van der Waals surface area contributed by atoms with Gasteiger partial charge < -0.3 is 10.1 Å². The Balaban J connectivity index is 1.75. The van der Waals surface area contributed by atoms with E-state index in [1.165, 1.54) is 12.8 Å². The predicted molar refractivity (Wildman–Crippen MR) is 83.1 cm³/mol. The molecule has 1 aromatic heterocycles. The first-order valence-corrected chi connectivity index (χ1v) is 8.12. The summed E-state index contributed by atoms with van der Waals surface area (Å²) in [4.78, 5) is 12.0. The third-order valence-corrected chi connectivity index (χ3v) is 4.05. The maximum Gasteiger partial charge on any atom is 0.251 e. The molecular formula is C16H27N3O2. The summed E-state index contributed by atoms with van der Waals surface area (Å²) in [6, 6.07) is 1.83. The summed E-state index contributed by atoms with van der Waals surface area (Å²) in [6.07, 6.45) is 8.75. The highest BCUT2D eigenvalue weighted by Gasteiger charge is 2.20. The van der Waals surface area contributed by atoms with Gasteiger partial charge in [0.25, 0.3) is 5.91 Å². The van der Waals surface area contributed by atoms with Crippen LogP contribution in [0.1, 0.15) is 52.4 Å². The van der Waals surface area contributed by atoms with Crippen molar-refractivity contribution < 1.29 is 9.53 Å². The Morgan fingerprint density at radius 1 is 1.52 bits per heavy atom. The first kappa shape index (κ1) is 16.0. The van der Waals surface area contributed by atoms with E-state index in [1.54, 1.807) is 6.20 Å². The number of anilines is 1. The molecule has 0 saturated heterocycles. The van der Waals surface area contributed by atoms with Gasteiger partial charge in [0.2, 0.25) is 0 Å². The van der Waals surface area contributed by atoms with Crippen LogP contribution in [-0.4, -0.2) is 28.4 Å².